The minimum absolute atomic E-state index is 0.105. The monoisotopic (exact) mass is 315 g/mol. The molecular weight excluding hydrogens is 294 g/mol. The van der Waals surface area contributed by atoms with E-state index < -0.39 is 6.09 Å². The van der Waals surface area contributed by atoms with E-state index in [1.54, 1.807) is 0 Å². The number of rotatable bonds is 6. The van der Waals surface area contributed by atoms with E-state index in [1.807, 2.05) is 55.5 Å². The van der Waals surface area contributed by atoms with Gasteiger partial charge in [0.1, 0.15) is 19.1 Å². The van der Waals surface area contributed by atoms with Crippen molar-refractivity contribution in [2.24, 2.45) is 0 Å². The van der Waals surface area contributed by atoms with E-state index in [0.29, 0.717) is 12.3 Å². The fraction of sp³-hybridized carbons (Fsp3) is 0.278. The van der Waals surface area contributed by atoms with Gasteiger partial charge in [0.15, 0.2) is 0 Å². The van der Waals surface area contributed by atoms with Gasteiger partial charge in [-0.3, -0.25) is 4.90 Å². The van der Waals surface area contributed by atoms with Crippen LogP contribution in [0, 0.1) is 6.92 Å². The molecule has 5 nitrogen and oxygen atoms in total. The Bertz CT molecular complexity index is 657. The van der Waals surface area contributed by atoms with Crippen LogP contribution in [0.5, 0.6) is 5.75 Å². The number of hydrogen-bond acceptors (Lipinski definition) is 4. The standard InChI is InChI=1S/C18H21NO4/c1-14-8-4-7-11-17(14)23-12-15-9-5-6-10-16(15)19(13-21-2)18(20)22-3/h4-11H,12-13H2,1-3H3. The van der Waals surface area contributed by atoms with Crippen LogP contribution in [-0.4, -0.2) is 27.0 Å². The van der Waals surface area contributed by atoms with Gasteiger partial charge in [0, 0.05) is 12.7 Å². The molecule has 2 aromatic rings. The Morgan fingerprint density at radius 2 is 1.74 bits per heavy atom. The Morgan fingerprint density at radius 1 is 1.04 bits per heavy atom. The quantitative estimate of drug-likeness (QED) is 0.762. The van der Waals surface area contributed by atoms with Crippen molar-refractivity contribution in [3.8, 4) is 5.75 Å². The molecule has 2 rings (SSSR count). The van der Waals surface area contributed by atoms with Crippen LogP contribution in [0.15, 0.2) is 48.5 Å². The minimum atomic E-state index is -0.477. The highest BCUT2D eigenvalue weighted by Crippen LogP contribution is 2.24. The largest absolute Gasteiger partial charge is 0.489 e. The van der Waals surface area contributed by atoms with Gasteiger partial charge in [-0.2, -0.15) is 0 Å². The third kappa shape index (κ3) is 4.23. The van der Waals surface area contributed by atoms with Gasteiger partial charge in [-0.25, -0.2) is 4.79 Å². The molecule has 5 heteroatoms. The SMILES string of the molecule is COCN(C(=O)OC)c1ccccc1COc1ccccc1C. The van der Waals surface area contributed by atoms with Crippen molar-refractivity contribution in [2.45, 2.75) is 13.5 Å². The Labute approximate surface area is 136 Å². The number of ether oxygens (including phenoxy) is 3. The molecule has 0 saturated carbocycles. The summed E-state index contributed by atoms with van der Waals surface area (Å²) in [5.74, 6) is 0.818. The van der Waals surface area contributed by atoms with E-state index in [4.69, 9.17) is 14.2 Å². The van der Waals surface area contributed by atoms with Crippen molar-refractivity contribution in [3.63, 3.8) is 0 Å². The maximum Gasteiger partial charge on any atom is 0.415 e. The summed E-state index contributed by atoms with van der Waals surface area (Å²) in [5, 5.41) is 0. The Balaban J connectivity index is 2.22. The highest BCUT2D eigenvalue weighted by Gasteiger charge is 2.19. The van der Waals surface area contributed by atoms with E-state index in [1.165, 1.54) is 19.1 Å². The molecule has 0 radical (unpaired) electrons. The molecule has 1 amide bonds. The summed E-state index contributed by atoms with van der Waals surface area (Å²) in [6.45, 7) is 2.44. The van der Waals surface area contributed by atoms with Crippen molar-refractivity contribution < 1.29 is 19.0 Å². The summed E-state index contributed by atoms with van der Waals surface area (Å²) >= 11 is 0. The van der Waals surface area contributed by atoms with Crippen LogP contribution in [-0.2, 0) is 16.1 Å². The molecule has 0 N–H and O–H groups in total. The van der Waals surface area contributed by atoms with Gasteiger partial charge < -0.3 is 14.2 Å². The van der Waals surface area contributed by atoms with Crippen molar-refractivity contribution in [2.75, 3.05) is 25.9 Å². The van der Waals surface area contributed by atoms with Gasteiger partial charge in [-0.05, 0) is 24.6 Å². The maximum atomic E-state index is 12.0. The topological polar surface area (TPSA) is 48.0 Å². The number of methoxy groups -OCH3 is 2. The van der Waals surface area contributed by atoms with E-state index >= 15 is 0 Å². The third-order valence-electron chi connectivity index (χ3n) is 3.41. The van der Waals surface area contributed by atoms with Gasteiger partial charge >= 0.3 is 6.09 Å². The molecular formula is C18H21NO4. The highest BCUT2D eigenvalue weighted by molar-refractivity contribution is 5.88. The predicted octanol–water partition coefficient (Wildman–Crippen LogP) is 3.75. The van der Waals surface area contributed by atoms with Crippen molar-refractivity contribution >= 4 is 11.8 Å². The number of carbonyl (C=O) groups excluding carboxylic acids is 1. The minimum Gasteiger partial charge on any atom is -0.489 e. The molecule has 0 unspecified atom stereocenters. The molecule has 0 saturated heterocycles. The third-order valence-corrected chi connectivity index (χ3v) is 3.41. The van der Waals surface area contributed by atoms with Crippen LogP contribution in [0.25, 0.3) is 0 Å². The average molecular weight is 315 g/mol. The van der Waals surface area contributed by atoms with Crippen LogP contribution in [0.3, 0.4) is 0 Å². The van der Waals surface area contributed by atoms with Gasteiger partial charge in [0.05, 0.1) is 12.8 Å². The second-order valence-electron chi connectivity index (χ2n) is 5.00. The van der Waals surface area contributed by atoms with E-state index in [-0.39, 0.29) is 6.73 Å². The average Bonchev–Trinajstić information content (AvgIpc) is 2.59. The number of anilines is 1. The van der Waals surface area contributed by atoms with Gasteiger partial charge in [0.25, 0.3) is 0 Å². The molecule has 0 spiro atoms. The zero-order valence-electron chi connectivity index (χ0n) is 13.6. The van der Waals surface area contributed by atoms with Crippen LogP contribution in [0.2, 0.25) is 0 Å². The number of aryl methyl sites for hydroxylation is 1. The lowest BCUT2D eigenvalue weighted by atomic mass is 10.1. The van der Waals surface area contributed by atoms with Gasteiger partial charge in [-0.15, -0.1) is 0 Å². The summed E-state index contributed by atoms with van der Waals surface area (Å²) in [7, 11) is 2.87. The lowest BCUT2D eigenvalue weighted by molar-refractivity contribution is 0.153. The van der Waals surface area contributed by atoms with Crippen LogP contribution >= 0.6 is 0 Å². The van der Waals surface area contributed by atoms with Crippen molar-refractivity contribution in [3.05, 3.63) is 59.7 Å². The maximum absolute atomic E-state index is 12.0. The number of amides is 1. The van der Waals surface area contributed by atoms with Gasteiger partial charge in [0.2, 0.25) is 0 Å². The first kappa shape index (κ1) is 16.8. The normalized spacial score (nSPS) is 10.2. The molecule has 23 heavy (non-hydrogen) atoms. The molecule has 0 heterocycles. The summed E-state index contributed by atoms with van der Waals surface area (Å²) in [6.07, 6.45) is -0.477. The Kier molecular flexibility index (Phi) is 6.00. The summed E-state index contributed by atoms with van der Waals surface area (Å²) < 4.78 is 15.8. The molecule has 0 aromatic heterocycles. The zero-order valence-corrected chi connectivity index (χ0v) is 13.6. The molecule has 0 bridgehead atoms. The van der Waals surface area contributed by atoms with E-state index in [0.717, 1.165) is 16.9 Å². The number of benzene rings is 2. The van der Waals surface area contributed by atoms with Crippen LogP contribution < -0.4 is 9.64 Å². The van der Waals surface area contributed by atoms with Gasteiger partial charge in [-0.1, -0.05) is 36.4 Å². The highest BCUT2D eigenvalue weighted by atomic mass is 16.6. The molecule has 0 fully saturated rings. The molecule has 0 aliphatic heterocycles. The zero-order chi connectivity index (χ0) is 16.7. The van der Waals surface area contributed by atoms with Crippen LogP contribution in [0.1, 0.15) is 11.1 Å². The second-order valence-corrected chi connectivity index (χ2v) is 5.00. The van der Waals surface area contributed by atoms with Crippen LogP contribution in [0.4, 0.5) is 10.5 Å². The first-order valence-corrected chi connectivity index (χ1v) is 7.28. The molecule has 0 atom stereocenters. The van der Waals surface area contributed by atoms with Crippen molar-refractivity contribution in [1.29, 1.82) is 0 Å². The first-order valence-electron chi connectivity index (χ1n) is 7.28. The smallest absolute Gasteiger partial charge is 0.415 e. The number of para-hydroxylation sites is 2. The molecule has 122 valence electrons. The van der Waals surface area contributed by atoms with E-state index in [9.17, 15) is 4.79 Å². The summed E-state index contributed by atoms with van der Waals surface area (Å²) in [6, 6.07) is 15.3. The summed E-state index contributed by atoms with van der Waals surface area (Å²) in [4.78, 5) is 13.4. The second kappa shape index (κ2) is 8.19. The number of hydrogen-bond donors (Lipinski definition) is 0. The Hall–Kier alpha value is -2.53. The molecule has 2 aromatic carbocycles. The van der Waals surface area contributed by atoms with E-state index in [2.05, 4.69) is 0 Å². The Morgan fingerprint density at radius 3 is 2.43 bits per heavy atom. The summed E-state index contributed by atoms with van der Waals surface area (Å²) in [5.41, 5.74) is 2.64. The number of nitrogens with zero attached hydrogens (tertiary/aromatic N) is 1. The number of carbonyl (C=O) groups is 1. The lowest BCUT2D eigenvalue weighted by Crippen LogP contribution is -2.33. The first-order chi connectivity index (χ1) is 11.2. The predicted molar refractivity (Wildman–Crippen MR) is 88.7 cm³/mol. The fourth-order valence-corrected chi connectivity index (χ4v) is 2.23. The molecule has 0 aliphatic carbocycles. The fourth-order valence-electron chi connectivity index (χ4n) is 2.23. The lowest BCUT2D eigenvalue weighted by Gasteiger charge is -2.23. The van der Waals surface area contributed by atoms with Crippen molar-refractivity contribution in [1.82, 2.24) is 0 Å². The molecule has 0 aliphatic rings.